The predicted molar refractivity (Wildman–Crippen MR) is 74.4 cm³/mol. The second kappa shape index (κ2) is 4.78. The maximum absolute atomic E-state index is 6.04. The minimum absolute atomic E-state index is 0.316. The van der Waals surface area contributed by atoms with E-state index >= 15 is 0 Å². The molecule has 1 aliphatic heterocycles. The van der Waals surface area contributed by atoms with Gasteiger partial charge in [0.15, 0.2) is 0 Å². The SMILES string of the molecule is COc1ccnc(CN)c1B1OC(C)(C)C(C)(C)O1. The highest BCUT2D eigenvalue weighted by Crippen LogP contribution is 2.37. The molecule has 0 atom stereocenters. The summed E-state index contributed by atoms with van der Waals surface area (Å²) >= 11 is 0. The molecule has 1 saturated heterocycles. The molecule has 0 bridgehead atoms. The highest BCUT2D eigenvalue weighted by atomic mass is 16.7. The van der Waals surface area contributed by atoms with Crippen LogP contribution in [-0.4, -0.2) is 30.4 Å². The van der Waals surface area contributed by atoms with E-state index in [4.69, 9.17) is 19.8 Å². The van der Waals surface area contributed by atoms with Gasteiger partial charge in [0.1, 0.15) is 5.75 Å². The lowest BCUT2D eigenvalue weighted by molar-refractivity contribution is 0.00578. The Bertz CT molecular complexity index is 439. The van der Waals surface area contributed by atoms with Crippen LogP contribution in [0.2, 0.25) is 0 Å². The third kappa shape index (κ3) is 2.36. The number of nitrogens with zero attached hydrogens (tertiary/aromatic N) is 1. The minimum Gasteiger partial charge on any atom is -0.497 e. The van der Waals surface area contributed by atoms with Gasteiger partial charge in [0.05, 0.1) is 24.0 Å². The van der Waals surface area contributed by atoms with Crippen LogP contribution in [-0.2, 0) is 15.9 Å². The Hall–Kier alpha value is -1.11. The zero-order valence-corrected chi connectivity index (χ0v) is 12.2. The Morgan fingerprint density at radius 2 is 1.84 bits per heavy atom. The molecule has 2 N–H and O–H groups in total. The van der Waals surface area contributed by atoms with Crippen LogP contribution in [0.4, 0.5) is 0 Å². The van der Waals surface area contributed by atoms with E-state index in [2.05, 4.69) is 4.98 Å². The summed E-state index contributed by atoms with van der Waals surface area (Å²) < 4.78 is 17.5. The van der Waals surface area contributed by atoms with E-state index in [1.165, 1.54) is 0 Å². The van der Waals surface area contributed by atoms with Crippen molar-refractivity contribution in [1.29, 1.82) is 0 Å². The normalized spacial score (nSPS) is 20.6. The van der Waals surface area contributed by atoms with Crippen LogP contribution in [0, 0.1) is 0 Å². The molecule has 1 aromatic heterocycles. The maximum Gasteiger partial charge on any atom is 0.500 e. The van der Waals surface area contributed by atoms with Gasteiger partial charge in [-0.25, -0.2) is 0 Å². The number of nitrogens with two attached hydrogens (primary N) is 1. The fourth-order valence-electron chi connectivity index (χ4n) is 2.05. The van der Waals surface area contributed by atoms with Crippen LogP contribution in [0.1, 0.15) is 33.4 Å². The molecular formula is C13H21BN2O3. The van der Waals surface area contributed by atoms with E-state index in [0.717, 1.165) is 11.2 Å². The molecule has 0 aliphatic carbocycles. The molecule has 0 unspecified atom stereocenters. The Morgan fingerprint density at radius 1 is 1.26 bits per heavy atom. The van der Waals surface area contributed by atoms with E-state index in [0.29, 0.717) is 12.3 Å². The molecule has 6 heteroatoms. The Labute approximate surface area is 114 Å². The van der Waals surface area contributed by atoms with Crippen molar-refractivity contribution in [2.45, 2.75) is 45.4 Å². The van der Waals surface area contributed by atoms with Crippen molar-refractivity contribution < 1.29 is 14.0 Å². The van der Waals surface area contributed by atoms with E-state index in [9.17, 15) is 0 Å². The lowest BCUT2D eigenvalue weighted by Gasteiger charge is -2.32. The van der Waals surface area contributed by atoms with Gasteiger partial charge in [0.25, 0.3) is 0 Å². The van der Waals surface area contributed by atoms with Crippen LogP contribution in [0.15, 0.2) is 12.3 Å². The van der Waals surface area contributed by atoms with Crippen molar-refractivity contribution in [2.75, 3.05) is 7.11 Å². The van der Waals surface area contributed by atoms with Crippen LogP contribution in [0.25, 0.3) is 0 Å². The van der Waals surface area contributed by atoms with Crippen molar-refractivity contribution in [3.8, 4) is 5.75 Å². The Kier molecular flexibility index (Phi) is 3.60. The lowest BCUT2D eigenvalue weighted by atomic mass is 9.77. The monoisotopic (exact) mass is 264 g/mol. The quantitative estimate of drug-likeness (QED) is 0.820. The van der Waals surface area contributed by atoms with Gasteiger partial charge in [-0.3, -0.25) is 4.98 Å². The number of hydrogen-bond acceptors (Lipinski definition) is 5. The molecule has 0 aromatic carbocycles. The molecule has 0 radical (unpaired) electrons. The average molecular weight is 264 g/mol. The molecule has 2 rings (SSSR count). The largest absolute Gasteiger partial charge is 0.500 e. The maximum atomic E-state index is 6.04. The van der Waals surface area contributed by atoms with Gasteiger partial charge in [-0.15, -0.1) is 0 Å². The summed E-state index contributed by atoms with van der Waals surface area (Å²) in [5, 5.41) is 0. The number of methoxy groups -OCH3 is 1. The summed E-state index contributed by atoms with van der Waals surface area (Å²) in [4.78, 5) is 4.28. The first kappa shape index (κ1) is 14.3. The predicted octanol–water partition coefficient (Wildman–Crippen LogP) is 0.848. The molecule has 104 valence electrons. The van der Waals surface area contributed by atoms with Crippen LogP contribution in [0.3, 0.4) is 0 Å². The van der Waals surface area contributed by atoms with E-state index < -0.39 is 18.3 Å². The van der Waals surface area contributed by atoms with Gasteiger partial charge in [-0.1, -0.05) is 0 Å². The minimum atomic E-state index is -0.507. The van der Waals surface area contributed by atoms with E-state index in [-0.39, 0.29) is 0 Å². The molecule has 0 saturated carbocycles. The van der Waals surface area contributed by atoms with Gasteiger partial charge in [0, 0.05) is 18.2 Å². The topological polar surface area (TPSA) is 66.6 Å². The van der Waals surface area contributed by atoms with Crippen LogP contribution >= 0.6 is 0 Å². The molecule has 1 aliphatic rings. The smallest absolute Gasteiger partial charge is 0.497 e. The average Bonchev–Trinajstić information content (AvgIpc) is 2.57. The van der Waals surface area contributed by atoms with Crippen molar-refractivity contribution in [3.63, 3.8) is 0 Å². The fraction of sp³-hybridized carbons (Fsp3) is 0.615. The van der Waals surface area contributed by atoms with Crippen LogP contribution < -0.4 is 15.9 Å². The second-order valence-corrected chi connectivity index (χ2v) is 5.67. The van der Waals surface area contributed by atoms with Gasteiger partial charge in [-0.05, 0) is 33.8 Å². The zero-order valence-electron chi connectivity index (χ0n) is 12.2. The molecule has 5 nitrogen and oxygen atoms in total. The van der Waals surface area contributed by atoms with Crippen molar-refractivity contribution in [2.24, 2.45) is 5.73 Å². The molecule has 0 amide bonds. The third-order valence-electron chi connectivity index (χ3n) is 3.93. The molecule has 1 aromatic rings. The highest BCUT2D eigenvalue weighted by molar-refractivity contribution is 6.63. The van der Waals surface area contributed by atoms with Crippen molar-refractivity contribution in [1.82, 2.24) is 4.98 Å². The summed E-state index contributed by atoms with van der Waals surface area (Å²) in [6.45, 7) is 8.36. The molecular weight excluding hydrogens is 243 g/mol. The second-order valence-electron chi connectivity index (χ2n) is 5.67. The van der Waals surface area contributed by atoms with Gasteiger partial charge < -0.3 is 19.8 Å². The van der Waals surface area contributed by atoms with Crippen LogP contribution in [0.5, 0.6) is 5.75 Å². The van der Waals surface area contributed by atoms with Gasteiger partial charge in [0.2, 0.25) is 0 Å². The van der Waals surface area contributed by atoms with Gasteiger partial charge >= 0.3 is 7.12 Å². The number of ether oxygens (including phenoxy) is 1. The lowest BCUT2D eigenvalue weighted by Crippen LogP contribution is -2.41. The first-order valence-corrected chi connectivity index (χ1v) is 6.40. The summed E-state index contributed by atoms with van der Waals surface area (Å²) in [7, 11) is 1.11. The molecule has 2 heterocycles. The van der Waals surface area contributed by atoms with E-state index in [1.54, 1.807) is 19.4 Å². The highest BCUT2D eigenvalue weighted by Gasteiger charge is 2.53. The van der Waals surface area contributed by atoms with Crippen molar-refractivity contribution >= 4 is 12.6 Å². The molecule has 1 fully saturated rings. The summed E-state index contributed by atoms with van der Waals surface area (Å²) in [6, 6.07) is 1.79. The first-order chi connectivity index (χ1) is 8.82. The third-order valence-corrected chi connectivity index (χ3v) is 3.93. The molecule has 19 heavy (non-hydrogen) atoms. The number of rotatable bonds is 3. The van der Waals surface area contributed by atoms with E-state index in [1.807, 2.05) is 27.7 Å². The summed E-state index contributed by atoms with van der Waals surface area (Å²) in [5.74, 6) is 0.689. The number of pyridine rings is 1. The summed E-state index contributed by atoms with van der Waals surface area (Å²) in [5.41, 5.74) is 6.47. The summed E-state index contributed by atoms with van der Waals surface area (Å²) in [6.07, 6.45) is 1.68. The van der Waals surface area contributed by atoms with Crippen molar-refractivity contribution in [3.05, 3.63) is 18.0 Å². The fourth-order valence-corrected chi connectivity index (χ4v) is 2.05. The standard InChI is InChI=1S/C13H21BN2O3/c1-12(2)13(3,4)19-14(18-12)11-9(8-15)16-7-6-10(11)17-5/h6-7H,8,15H2,1-5H3. The first-order valence-electron chi connectivity index (χ1n) is 6.40. The Morgan fingerprint density at radius 3 is 2.32 bits per heavy atom. The molecule has 0 spiro atoms. The number of hydrogen-bond donors (Lipinski definition) is 1. The Balaban J connectivity index is 2.44. The van der Waals surface area contributed by atoms with Gasteiger partial charge in [-0.2, -0.15) is 0 Å². The zero-order chi connectivity index (χ0) is 14.3. The number of aromatic nitrogens is 1.